The van der Waals surface area contributed by atoms with Crippen molar-refractivity contribution in [2.24, 2.45) is 0 Å². The minimum atomic E-state index is 0.746. The van der Waals surface area contributed by atoms with Gasteiger partial charge in [0.1, 0.15) is 0 Å². The molecule has 32 heavy (non-hydrogen) atoms. The SMILES string of the molecule is Brc1ccc2sc3cccc(-c4nc(-c5ccccc5)cc(-c5ccccc5)n4)c3c2c1. The highest BCUT2D eigenvalue weighted by atomic mass is 79.9. The zero-order chi connectivity index (χ0) is 21.5. The monoisotopic (exact) mass is 492 g/mol. The standard InChI is InChI=1S/C28H17BrN2S/c29-20-14-15-25-22(16-20)27-21(12-7-13-26(27)32-25)28-30-23(18-8-3-1-4-9-18)17-24(31-28)19-10-5-2-6-11-19/h1-17H. The molecule has 0 fully saturated rings. The number of thiophene rings is 1. The Hall–Kier alpha value is -3.34. The minimum Gasteiger partial charge on any atom is -0.228 e. The summed E-state index contributed by atoms with van der Waals surface area (Å²) in [6.07, 6.45) is 0. The Morgan fingerprint density at radius 2 is 1.25 bits per heavy atom. The van der Waals surface area contributed by atoms with E-state index in [0.29, 0.717) is 0 Å². The summed E-state index contributed by atoms with van der Waals surface area (Å²) in [5.74, 6) is 0.746. The van der Waals surface area contributed by atoms with Gasteiger partial charge in [-0.25, -0.2) is 9.97 Å². The van der Waals surface area contributed by atoms with Crippen molar-refractivity contribution in [1.29, 1.82) is 0 Å². The van der Waals surface area contributed by atoms with Gasteiger partial charge < -0.3 is 0 Å². The largest absolute Gasteiger partial charge is 0.228 e. The number of benzene rings is 4. The number of nitrogens with zero attached hydrogens (tertiary/aromatic N) is 2. The molecular formula is C28H17BrN2S. The van der Waals surface area contributed by atoms with Crippen molar-refractivity contribution >= 4 is 47.4 Å². The Labute approximate surface area is 198 Å². The molecule has 0 aliphatic rings. The Morgan fingerprint density at radius 1 is 0.594 bits per heavy atom. The molecule has 2 aromatic heterocycles. The van der Waals surface area contributed by atoms with Gasteiger partial charge in [0.15, 0.2) is 5.82 Å². The van der Waals surface area contributed by atoms with Gasteiger partial charge in [-0.1, -0.05) is 88.7 Å². The molecule has 6 rings (SSSR count). The average Bonchev–Trinajstić information content (AvgIpc) is 3.23. The molecule has 4 heteroatoms. The van der Waals surface area contributed by atoms with Crippen LogP contribution < -0.4 is 0 Å². The van der Waals surface area contributed by atoms with Gasteiger partial charge in [0.05, 0.1) is 11.4 Å². The summed E-state index contributed by atoms with van der Waals surface area (Å²) < 4.78 is 3.58. The third-order valence-corrected chi connectivity index (χ3v) is 7.19. The van der Waals surface area contributed by atoms with Crippen LogP contribution in [0.2, 0.25) is 0 Å². The van der Waals surface area contributed by atoms with Crippen LogP contribution in [0.25, 0.3) is 54.1 Å². The quantitative estimate of drug-likeness (QED) is 0.247. The van der Waals surface area contributed by atoms with E-state index in [1.807, 2.05) is 36.4 Å². The van der Waals surface area contributed by atoms with Crippen molar-refractivity contribution in [3.05, 3.63) is 108 Å². The second kappa shape index (κ2) is 7.97. The van der Waals surface area contributed by atoms with E-state index >= 15 is 0 Å². The highest BCUT2D eigenvalue weighted by Gasteiger charge is 2.16. The fraction of sp³-hybridized carbons (Fsp3) is 0. The van der Waals surface area contributed by atoms with Gasteiger partial charge in [-0.3, -0.25) is 0 Å². The van der Waals surface area contributed by atoms with Gasteiger partial charge in [0.25, 0.3) is 0 Å². The predicted molar refractivity (Wildman–Crippen MR) is 139 cm³/mol. The summed E-state index contributed by atoms with van der Waals surface area (Å²) in [6, 6.07) is 35.6. The van der Waals surface area contributed by atoms with E-state index in [0.717, 1.165) is 38.4 Å². The Kier molecular flexibility index (Phi) is 4.82. The number of aromatic nitrogens is 2. The molecule has 2 heterocycles. The topological polar surface area (TPSA) is 25.8 Å². The van der Waals surface area contributed by atoms with Crippen LogP contribution in [0.1, 0.15) is 0 Å². The zero-order valence-electron chi connectivity index (χ0n) is 17.0. The summed E-state index contributed by atoms with van der Waals surface area (Å²) in [6.45, 7) is 0. The molecule has 0 aliphatic heterocycles. The molecule has 152 valence electrons. The van der Waals surface area contributed by atoms with Crippen LogP contribution in [0.4, 0.5) is 0 Å². The van der Waals surface area contributed by atoms with E-state index in [2.05, 4.69) is 82.7 Å². The van der Waals surface area contributed by atoms with Crippen LogP contribution in [-0.4, -0.2) is 9.97 Å². The third-order valence-electron chi connectivity index (χ3n) is 5.56. The number of hydrogen-bond acceptors (Lipinski definition) is 3. The molecule has 0 saturated heterocycles. The lowest BCUT2D eigenvalue weighted by Gasteiger charge is -2.10. The van der Waals surface area contributed by atoms with Gasteiger partial charge in [-0.2, -0.15) is 0 Å². The molecule has 0 unspecified atom stereocenters. The van der Waals surface area contributed by atoms with Crippen molar-refractivity contribution in [3.63, 3.8) is 0 Å². The molecule has 6 aromatic rings. The fourth-order valence-electron chi connectivity index (χ4n) is 4.07. The number of hydrogen-bond donors (Lipinski definition) is 0. The molecular weight excluding hydrogens is 476 g/mol. The van der Waals surface area contributed by atoms with E-state index in [1.165, 1.54) is 20.2 Å². The van der Waals surface area contributed by atoms with Gasteiger partial charge in [0, 0.05) is 41.3 Å². The van der Waals surface area contributed by atoms with Gasteiger partial charge in [-0.05, 0) is 30.3 Å². The lowest BCUT2D eigenvalue weighted by Crippen LogP contribution is -1.96. The number of rotatable bonds is 3. The summed E-state index contributed by atoms with van der Waals surface area (Å²) in [5, 5.41) is 2.43. The first kappa shape index (κ1) is 19.4. The normalized spacial score (nSPS) is 11.3. The lowest BCUT2D eigenvalue weighted by molar-refractivity contribution is 1.19. The molecule has 0 N–H and O–H groups in total. The molecule has 0 radical (unpaired) electrons. The molecule has 0 amide bonds. The summed E-state index contributed by atoms with van der Waals surface area (Å²) >= 11 is 5.45. The van der Waals surface area contributed by atoms with Crippen LogP contribution in [0.5, 0.6) is 0 Å². The Bertz CT molecular complexity index is 1520. The molecule has 2 nitrogen and oxygen atoms in total. The van der Waals surface area contributed by atoms with Crippen molar-refractivity contribution < 1.29 is 0 Å². The van der Waals surface area contributed by atoms with Crippen LogP contribution in [0, 0.1) is 0 Å². The lowest BCUT2D eigenvalue weighted by atomic mass is 10.0. The first-order valence-corrected chi connectivity index (χ1v) is 12.0. The number of fused-ring (bicyclic) bond motifs is 3. The number of halogens is 1. The van der Waals surface area contributed by atoms with Gasteiger partial charge in [0.2, 0.25) is 0 Å². The highest BCUT2D eigenvalue weighted by Crippen LogP contribution is 2.40. The first-order chi connectivity index (χ1) is 15.8. The summed E-state index contributed by atoms with van der Waals surface area (Å²) in [4.78, 5) is 10.1. The van der Waals surface area contributed by atoms with Crippen LogP contribution in [0.15, 0.2) is 108 Å². The van der Waals surface area contributed by atoms with E-state index in [9.17, 15) is 0 Å². The molecule has 4 aromatic carbocycles. The maximum absolute atomic E-state index is 5.04. The van der Waals surface area contributed by atoms with Crippen LogP contribution >= 0.6 is 27.3 Å². The van der Waals surface area contributed by atoms with Crippen molar-refractivity contribution in [2.45, 2.75) is 0 Å². The molecule has 0 atom stereocenters. The van der Waals surface area contributed by atoms with E-state index in [4.69, 9.17) is 9.97 Å². The molecule has 0 saturated carbocycles. The molecule has 0 spiro atoms. The maximum atomic E-state index is 5.04. The summed E-state index contributed by atoms with van der Waals surface area (Å²) in [7, 11) is 0. The molecule has 0 bridgehead atoms. The van der Waals surface area contributed by atoms with Crippen LogP contribution in [-0.2, 0) is 0 Å². The highest BCUT2D eigenvalue weighted by molar-refractivity contribution is 9.10. The fourth-order valence-corrected chi connectivity index (χ4v) is 5.54. The Morgan fingerprint density at radius 3 is 1.91 bits per heavy atom. The van der Waals surface area contributed by atoms with E-state index in [1.54, 1.807) is 11.3 Å². The molecule has 0 aliphatic carbocycles. The van der Waals surface area contributed by atoms with Crippen molar-refractivity contribution in [1.82, 2.24) is 9.97 Å². The predicted octanol–water partition coefficient (Wildman–Crippen LogP) is 8.61. The van der Waals surface area contributed by atoms with Gasteiger partial charge in [-0.15, -0.1) is 11.3 Å². The smallest absolute Gasteiger partial charge is 0.161 e. The maximum Gasteiger partial charge on any atom is 0.161 e. The minimum absolute atomic E-state index is 0.746. The first-order valence-electron chi connectivity index (χ1n) is 10.4. The van der Waals surface area contributed by atoms with E-state index < -0.39 is 0 Å². The van der Waals surface area contributed by atoms with Crippen molar-refractivity contribution in [3.8, 4) is 33.9 Å². The third kappa shape index (κ3) is 3.42. The van der Waals surface area contributed by atoms with E-state index in [-0.39, 0.29) is 0 Å². The van der Waals surface area contributed by atoms with Crippen LogP contribution in [0.3, 0.4) is 0 Å². The zero-order valence-corrected chi connectivity index (χ0v) is 19.4. The van der Waals surface area contributed by atoms with Gasteiger partial charge >= 0.3 is 0 Å². The second-order valence-corrected chi connectivity index (χ2v) is 9.61. The Balaban J connectivity index is 1.66. The second-order valence-electron chi connectivity index (χ2n) is 7.62. The summed E-state index contributed by atoms with van der Waals surface area (Å²) in [5.41, 5.74) is 5.07. The van der Waals surface area contributed by atoms with Crippen molar-refractivity contribution in [2.75, 3.05) is 0 Å². The average molecular weight is 493 g/mol.